The van der Waals surface area contributed by atoms with E-state index in [9.17, 15) is 9.18 Å². The lowest BCUT2D eigenvalue weighted by Crippen LogP contribution is -2.19. The molecule has 1 aromatic carbocycles. The van der Waals surface area contributed by atoms with Crippen LogP contribution in [0.2, 0.25) is 0 Å². The number of carbonyl (C=O) groups is 1. The van der Waals surface area contributed by atoms with Gasteiger partial charge in [0.25, 0.3) is 0 Å². The van der Waals surface area contributed by atoms with E-state index in [1.807, 2.05) is 0 Å². The monoisotopic (exact) mass is 455 g/mol. The second kappa shape index (κ2) is 7.27. The topological polar surface area (TPSA) is 64.7 Å². The molecular weight excluding hydrogens is 445 g/mol. The van der Waals surface area contributed by atoms with E-state index in [-0.39, 0.29) is 18.3 Å². The first-order valence-electron chi connectivity index (χ1n) is 6.95. The third-order valence-corrected chi connectivity index (χ3v) is 4.13. The van der Waals surface area contributed by atoms with E-state index in [0.717, 1.165) is 10.0 Å². The summed E-state index contributed by atoms with van der Waals surface area (Å²) in [4.78, 5) is 12.0. The minimum absolute atomic E-state index is 0.0862. The zero-order valence-corrected chi connectivity index (χ0v) is 15.5. The van der Waals surface area contributed by atoms with Crippen LogP contribution in [0.25, 0.3) is 0 Å². The van der Waals surface area contributed by atoms with Gasteiger partial charge in [0.05, 0.1) is 21.7 Å². The number of aromatic nitrogens is 4. The second-order valence-corrected chi connectivity index (χ2v) is 6.82. The Kier molecular flexibility index (Phi) is 5.10. The van der Waals surface area contributed by atoms with Gasteiger partial charge in [0.15, 0.2) is 5.82 Å². The Bertz CT molecular complexity index is 859. The van der Waals surface area contributed by atoms with Crippen LogP contribution in [0.4, 0.5) is 10.2 Å². The van der Waals surface area contributed by atoms with E-state index < -0.39 is 0 Å². The summed E-state index contributed by atoms with van der Waals surface area (Å²) in [6, 6.07) is 6.19. The van der Waals surface area contributed by atoms with Crippen molar-refractivity contribution in [2.45, 2.75) is 13.1 Å². The van der Waals surface area contributed by atoms with Gasteiger partial charge in [-0.25, -0.2) is 4.39 Å². The minimum Gasteiger partial charge on any atom is -0.307 e. The van der Waals surface area contributed by atoms with Gasteiger partial charge in [0, 0.05) is 12.4 Å². The number of benzene rings is 1. The zero-order valence-electron chi connectivity index (χ0n) is 12.3. The largest absolute Gasteiger partial charge is 0.307 e. The number of rotatable bonds is 5. The number of nitrogens with zero attached hydrogens (tertiary/aromatic N) is 4. The maximum Gasteiger partial charge on any atom is 0.247 e. The van der Waals surface area contributed by atoms with Crippen molar-refractivity contribution in [3.05, 3.63) is 63.2 Å². The van der Waals surface area contributed by atoms with E-state index >= 15 is 0 Å². The van der Waals surface area contributed by atoms with Crippen molar-refractivity contribution in [3.8, 4) is 0 Å². The predicted molar refractivity (Wildman–Crippen MR) is 94.0 cm³/mol. The van der Waals surface area contributed by atoms with Crippen molar-refractivity contribution in [2.24, 2.45) is 0 Å². The molecule has 9 heteroatoms. The highest BCUT2D eigenvalue weighted by Crippen LogP contribution is 2.21. The van der Waals surface area contributed by atoms with Crippen LogP contribution >= 0.6 is 31.9 Å². The molecule has 3 rings (SSSR count). The van der Waals surface area contributed by atoms with Gasteiger partial charge in [-0.15, -0.1) is 0 Å². The Morgan fingerprint density at radius 1 is 1.17 bits per heavy atom. The fourth-order valence-electron chi connectivity index (χ4n) is 2.08. The SMILES string of the molecule is O=C(Cn1cc(Br)cn1)Nc1nn(Cc2ccc(F)cc2)cc1Br. The quantitative estimate of drug-likeness (QED) is 0.639. The van der Waals surface area contributed by atoms with Gasteiger partial charge in [-0.1, -0.05) is 12.1 Å². The molecule has 2 heterocycles. The smallest absolute Gasteiger partial charge is 0.247 e. The first kappa shape index (κ1) is 16.8. The summed E-state index contributed by atoms with van der Waals surface area (Å²) in [6.45, 7) is 0.559. The molecule has 0 aliphatic carbocycles. The van der Waals surface area contributed by atoms with Crippen LogP contribution in [0, 0.1) is 5.82 Å². The Morgan fingerprint density at radius 3 is 2.58 bits per heavy atom. The molecule has 0 spiro atoms. The molecule has 2 aromatic heterocycles. The van der Waals surface area contributed by atoms with Crippen LogP contribution in [-0.4, -0.2) is 25.5 Å². The Labute approximate surface area is 153 Å². The molecule has 0 radical (unpaired) electrons. The molecule has 1 amide bonds. The average molecular weight is 457 g/mol. The molecule has 0 fully saturated rings. The minimum atomic E-state index is -0.279. The van der Waals surface area contributed by atoms with E-state index in [1.54, 1.807) is 35.4 Å². The lowest BCUT2D eigenvalue weighted by atomic mass is 10.2. The summed E-state index contributed by atoms with van der Waals surface area (Å²) in [5.74, 6) is -0.0923. The number of halogens is 3. The number of anilines is 1. The van der Waals surface area contributed by atoms with Gasteiger partial charge in [0.1, 0.15) is 12.4 Å². The van der Waals surface area contributed by atoms with Crippen LogP contribution in [0.5, 0.6) is 0 Å². The summed E-state index contributed by atoms with van der Waals surface area (Å²) in [6.07, 6.45) is 5.08. The number of hydrogen-bond acceptors (Lipinski definition) is 3. The highest BCUT2D eigenvalue weighted by molar-refractivity contribution is 9.10. The molecule has 0 saturated heterocycles. The highest BCUT2D eigenvalue weighted by atomic mass is 79.9. The first-order chi connectivity index (χ1) is 11.5. The molecule has 0 atom stereocenters. The van der Waals surface area contributed by atoms with Crippen LogP contribution < -0.4 is 5.32 Å². The van der Waals surface area contributed by atoms with E-state index in [1.165, 1.54) is 16.8 Å². The van der Waals surface area contributed by atoms with Crippen molar-refractivity contribution in [1.82, 2.24) is 19.6 Å². The molecule has 0 aliphatic rings. The number of amides is 1. The number of nitrogens with one attached hydrogen (secondary N) is 1. The normalized spacial score (nSPS) is 10.8. The van der Waals surface area contributed by atoms with Crippen molar-refractivity contribution < 1.29 is 9.18 Å². The Hall–Kier alpha value is -2.00. The summed E-state index contributed by atoms with van der Waals surface area (Å²) < 4.78 is 17.6. The maximum atomic E-state index is 12.9. The summed E-state index contributed by atoms with van der Waals surface area (Å²) in [5, 5.41) is 11.1. The van der Waals surface area contributed by atoms with Crippen molar-refractivity contribution in [1.29, 1.82) is 0 Å². The summed E-state index contributed by atoms with van der Waals surface area (Å²) in [5.41, 5.74) is 0.908. The molecule has 0 unspecified atom stereocenters. The number of carbonyl (C=O) groups excluding carboxylic acids is 1. The summed E-state index contributed by atoms with van der Waals surface area (Å²) >= 11 is 6.65. The lowest BCUT2D eigenvalue weighted by molar-refractivity contribution is -0.116. The Morgan fingerprint density at radius 2 is 1.92 bits per heavy atom. The highest BCUT2D eigenvalue weighted by Gasteiger charge is 2.11. The number of hydrogen-bond donors (Lipinski definition) is 1. The van der Waals surface area contributed by atoms with Crippen LogP contribution in [-0.2, 0) is 17.9 Å². The van der Waals surface area contributed by atoms with Crippen molar-refractivity contribution in [3.63, 3.8) is 0 Å². The van der Waals surface area contributed by atoms with E-state index in [4.69, 9.17) is 0 Å². The molecule has 1 N–H and O–H groups in total. The average Bonchev–Trinajstić information content (AvgIpc) is 3.08. The van der Waals surface area contributed by atoms with Crippen LogP contribution in [0.3, 0.4) is 0 Å². The van der Waals surface area contributed by atoms with Gasteiger partial charge >= 0.3 is 0 Å². The third-order valence-electron chi connectivity index (χ3n) is 3.14. The molecule has 6 nitrogen and oxygen atoms in total. The van der Waals surface area contributed by atoms with Crippen LogP contribution in [0.1, 0.15) is 5.56 Å². The first-order valence-corrected chi connectivity index (χ1v) is 8.53. The molecular formula is C15H12Br2FN5O. The van der Waals surface area contributed by atoms with Crippen molar-refractivity contribution in [2.75, 3.05) is 5.32 Å². The van der Waals surface area contributed by atoms with Crippen LogP contribution in [0.15, 0.2) is 51.8 Å². The third kappa shape index (κ3) is 4.30. The van der Waals surface area contributed by atoms with Gasteiger partial charge in [-0.2, -0.15) is 10.2 Å². The Balaban J connectivity index is 1.65. The van der Waals surface area contributed by atoms with E-state index in [2.05, 4.69) is 47.4 Å². The summed E-state index contributed by atoms with van der Waals surface area (Å²) in [7, 11) is 0. The second-order valence-electron chi connectivity index (χ2n) is 5.05. The van der Waals surface area contributed by atoms with Gasteiger partial charge in [0.2, 0.25) is 5.91 Å². The molecule has 124 valence electrons. The molecule has 0 bridgehead atoms. The fraction of sp³-hybridized carbons (Fsp3) is 0.133. The van der Waals surface area contributed by atoms with Gasteiger partial charge < -0.3 is 5.32 Å². The standard InChI is InChI=1S/C15H12Br2FN5O/c16-11-5-19-22(7-11)9-14(24)20-15-13(17)8-23(21-15)6-10-1-3-12(18)4-2-10/h1-5,7-8H,6,9H2,(H,20,21,24). The van der Waals surface area contributed by atoms with Gasteiger partial charge in [-0.3, -0.25) is 14.2 Å². The fourth-order valence-corrected chi connectivity index (χ4v) is 2.83. The molecule has 24 heavy (non-hydrogen) atoms. The lowest BCUT2D eigenvalue weighted by Gasteiger charge is -2.03. The molecule has 3 aromatic rings. The van der Waals surface area contributed by atoms with Crippen molar-refractivity contribution >= 4 is 43.6 Å². The predicted octanol–water partition coefficient (Wildman–Crippen LogP) is 3.43. The van der Waals surface area contributed by atoms with Gasteiger partial charge in [-0.05, 0) is 49.6 Å². The maximum absolute atomic E-state index is 12.9. The zero-order chi connectivity index (χ0) is 17.1. The molecule has 0 aliphatic heterocycles. The molecule has 0 saturated carbocycles. The van der Waals surface area contributed by atoms with E-state index in [0.29, 0.717) is 16.8 Å².